The predicted molar refractivity (Wildman–Crippen MR) is 106 cm³/mol. The van der Waals surface area contributed by atoms with Crippen LogP contribution in [0.1, 0.15) is 42.5 Å². The first-order valence-electron chi connectivity index (χ1n) is 9.35. The number of nitrogens with one attached hydrogen (secondary N) is 2. The average Bonchev–Trinajstić information content (AvgIpc) is 2.71. The molecule has 1 amide bonds. The highest BCUT2D eigenvalue weighted by molar-refractivity contribution is 6.00. The molecule has 0 unspecified atom stereocenters. The van der Waals surface area contributed by atoms with Gasteiger partial charge < -0.3 is 16.4 Å². The molecule has 0 bridgehead atoms. The van der Waals surface area contributed by atoms with Gasteiger partial charge in [0.25, 0.3) is 5.91 Å². The molecule has 1 saturated carbocycles. The van der Waals surface area contributed by atoms with Crippen LogP contribution in [0.3, 0.4) is 0 Å². The van der Waals surface area contributed by atoms with E-state index >= 15 is 0 Å². The summed E-state index contributed by atoms with van der Waals surface area (Å²) in [5.74, 6) is -1.03. The van der Waals surface area contributed by atoms with Gasteiger partial charge in [0, 0.05) is 23.8 Å². The number of aromatic nitrogens is 3. The molecule has 0 spiro atoms. The number of rotatable bonds is 5. The van der Waals surface area contributed by atoms with Crippen LogP contribution in [0.2, 0.25) is 0 Å². The summed E-state index contributed by atoms with van der Waals surface area (Å²) in [5, 5.41) is 7.04. The van der Waals surface area contributed by atoms with E-state index < -0.39 is 11.7 Å². The predicted octanol–water partition coefficient (Wildman–Crippen LogP) is 3.75. The zero-order valence-corrected chi connectivity index (χ0v) is 15.3. The van der Waals surface area contributed by atoms with Gasteiger partial charge in [0.2, 0.25) is 0 Å². The maximum Gasteiger partial charge on any atom is 0.252 e. The SMILES string of the molecule is NC(=O)c1cc(F)c(NC2CCCCC2)nc1Nc1ccnc2ncccc12. The summed E-state index contributed by atoms with van der Waals surface area (Å²) in [6.45, 7) is 0. The van der Waals surface area contributed by atoms with E-state index in [1.165, 1.54) is 6.42 Å². The fourth-order valence-corrected chi connectivity index (χ4v) is 3.53. The summed E-state index contributed by atoms with van der Waals surface area (Å²) in [5.41, 5.74) is 6.65. The van der Waals surface area contributed by atoms with Gasteiger partial charge in [-0.3, -0.25) is 4.79 Å². The second-order valence-corrected chi connectivity index (χ2v) is 6.92. The molecular formula is C20H21FN6O. The van der Waals surface area contributed by atoms with Crippen molar-refractivity contribution in [1.82, 2.24) is 15.0 Å². The topological polar surface area (TPSA) is 106 Å². The number of fused-ring (bicyclic) bond motifs is 1. The Morgan fingerprint density at radius 1 is 1.11 bits per heavy atom. The highest BCUT2D eigenvalue weighted by atomic mass is 19.1. The third kappa shape index (κ3) is 3.71. The second kappa shape index (κ2) is 7.75. The number of halogens is 1. The molecule has 4 rings (SSSR count). The number of primary amides is 1. The van der Waals surface area contributed by atoms with E-state index in [4.69, 9.17) is 5.73 Å². The van der Waals surface area contributed by atoms with Gasteiger partial charge in [0.15, 0.2) is 17.3 Å². The molecule has 0 aliphatic heterocycles. The average molecular weight is 380 g/mol. The second-order valence-electron chi connectivity index (χ2n) is 6.92. The molecule has 1 aliphatic carbocycles. The lowest BCUT2D eigenvalue weighted by Gasteiger charge is -2.24. The summed E-state index contributed by atoms with van der Waals surface area (Å²) >= 11 is 0. The first-order valence-corrected chi connectivity index (χ1v) is 9.35. The van der Waals surface area contributed by atoms with Crippen LogP contribution in [-0.4, -0.2) is 26.9 Å². The lowest BCUT2D eigenvalue weighted by Crippen LogP contribution is -2.24. The Morgan fingerprint density at radius 3 is 2.68 bits per heavy atom. The van der Waals surface area contributed by atoms with Crippen LogP contribution >= 0.6 is 0 Å². The largest absolute Gasteiger partial charge is 0.365 e. The first kappa shape index (κ1) is 18.1. The van der Waals surface area contributed by atoms with Crippen molar-refractivity contribution in [2.45, 2.75) is 38.1 Å². The smallest absolute Gasteiger partial charge is 0.252 e. The maximum absolute atomic E-state index is 14.6. The molecule has 0 aromatic carbocycles. The van der Waals surface area contributed by atoms with E-state index in [-0.39, 0.29) is 23.2 Å². The summed E-state index contributed by atoms with van der Waals surface area (Å²) in [6.07, 6.45) is 8.62. The first-order chi connectivity index (χ1) is 13.6. The van der Waals surface area contributed by atoms with Crippen LogP contribution in [0.5, 0.6) is 0 Å². The van der Waals surface area contributed by atoms with E-state index in [0.29, 0.717) is 11.3 Å². The summed E-state index contributed by atoms with van der Waals surface area (Å²) < 4.78 is 14.6. The minimum absolute atomic E-state index is 0.0134. The van der Waals surface area contributed by atoms with Crippen molar-refractivity contribution in [1.29, 1.82) is 0 Å². The molecule has 3 aromatic heterocycles. The van der Waals surface area contributed by atoms with E-state index in [0.717, 1.165) is 37.1 Å². The zero-order chi connectivity index (χ0) is 19.5. The van der Waals surface area contributed by atoms with E-state index in [2.05, 4.69) is 25.6 Å². The molecule has 0 atom stereocenters. The van der Waals surface area contributed by atoms with Crippen molar-refractivity contribution < 1.29 is 9.18 Å². The van der Waals surface area contributed by atoms with Gasteiger partial charge in [-0.1, -0.05) is 19.3 Å². The molecule has 3 heterocycles. The molecule has 28 heavy (non-hydrogen) atoms. The van der Waals surface area contributed by atoms with Crippen molar-refractivity contribution in [2.24, 2.45) is 5.73 Å². The Morgan fingerprint density at radius 2 is 1.89 bits per heavy atom. The molecule has 0 radical (unpaired) electrons. The van der Waals surface area contributed by atoms with Crippen molar-refractivity contribution in [3.05, 3.63) is 48.0 Å². The van der Waals surface area contributed by atoms with Crippen LogP contribution < -0.4 is 16.4 Å². The molecule has 144 valence electrons. The number of carbonyl (C=O) groups excluding carboxylic acids is 1. The normalized spacial score (nSPS) is 14.8. The summed E-state index contributed by atoms with van der Waals surface area (Å²) in [7, 11) is 0. The molecular weight excluding hydrogens is 359 g/mol. The summed E-state index contributed by atoms with van der Waals surface area (Å²) in [4.78, 5) is 24.6. The summed E-state index contributed by atoms with van der Waals surface area (Å²) in [6, 6.07) is 6.69. The molecule has 8 heteroatoms. The van der Waals surface area contributed by atoms with Gasteiger partial charge in [-0.05, 0) is 37.1 Å². The minimum atomic E-state index is -0.755. The van der Waals surface area contributed by atoms with Crippen LogP contribution in [-0.2, 0) is 0 Å². The third-order valence-corrected chi connectivity index (χ3v) is 4.96. The van der Waals surface area contributed by atoms with Gasteiger partial charge in [0.1, 0.15) is 5.82 Å². The quantitative estimate of drug-likeness (QED) is 0.622. The Bertz CT molecular complexity index is 1010. The standard InChI is InChI=1S/C20H21FN6O/c21-15-11-14(17(22)28)19(27-20(15)25-12-5-2-1-3-6-12)26-16-8-10-24-18-13(16)7-4-9-23-18/h4,7-12H,1-3,5-6H2,(H2,22,28)(H2,23,24,25,26,27). The van der Waals surface area contributed by atoms with Gasteiger partial charge in [-0.15, -0.1) is 0 Å². The molecule has 3 aromatic rings. The van der Waals surface area contributed by atoms with Crippen molar-refractivity contribution in [2.75, 3.05) is 10.6 Å². The fourth-order valence-electron chi connectivity index (χ4n) is 3.53. The molecule has 1 aliphatic rings. The van der Waals surface area contributed by atoms with Crippen LogP contribution in [0, 0.1) is 5.82 Å². The van der Waals surface area contributed by atoms with E-state index in [1.54, 1.807) is 24.5 Å². The number of anilines is 3. The van der Waals surface area contributed by atoms with E-state index in [1.807, 2.05) is 6.07 Å². The number of carbonyl (C=O) groups is 1. The third-order valence-electron chi connectivity index (χ3n) is 4.96. The van der Waals surface area contributed by atoms with Crippen LogP contribution in [0.25, 0.3) is 11.0 Å². The Hall–Kier alpha value is -3.29. The van der Waals surface area contributed by atoms with Crippen LogP contribution in [0.4, 0.5) is 21.7 Å². The fraction of sp³-hybridized carbons (Fsp3) is 0.300. The van der Waals surface area contributed by atoms with Crippen molar-refractivity contribution in [3.63, 3.8) is 0 Å². The van der Waals surface area contributed by atoms with Crippen molar-refractivity contribution >= 4 is 34.3 Å². The molecule has 7 nitrogen and oxygen atoms in total. The van der Waals surface area contributed by atoms with Gasteiger partial charge >= 0.3 is 0 Å². The zero-order valence-electron chi connectivity index (χ0n) is 15.3. The number of hydrogen-bond donors (Lipinski definition) is 3. The number of nitrogens with two attached hydrogens (primary N) is 1. The van der Waals surface area contributed by atoms with Gasteiger partial charge in [-0.2, -0.15) is 0 Å². The molecule has 0 saturated heterocycles. The lowest BCUT2D eigenvalue weighted by atomic mass is 9.95. The molecule has 1 fully saturated rings. The van der Waals surface area contributed by atoms with Crippen LogP contribution in [0.15, 0.2) is 36.7 Å². The minimum Gasteiger partial charge on any atom is -0.365 e. The number of nitrogens with zero attached hydrogens (tertiary/aromatic N) is 3. The Balaban J connectivity index is 1.71. The number of pyridine rings is 3. The van der Waals surface area contributed by atoms with Gasteiger partial charge in [0.05, 0.1) is 11.3 Å². The lowest BCUT2D eigenvalue weighted by molar-refractivity contribution is 0.100. The molecule has 4 N–H and O–H groups in total. The van der Waals surface area contributed by atoms with Gasteiger partial charge in [-0.25, -0.2) is 19.3 Å². The van der Waals surface area contributed by atoms with Crippen molar-refractivity contribution in [3.8, 4) is 0 Å². The monoisotopic (exact) mass is 380 g/mol. The highest BCUT2D eigenvalue weighted by Gasteiger charge is 2.20. The number of amides is 1. The van der Waals surface area contributed by atoms with E-state index in [9.17, 15) is 9.18 Å². The Kier molecular flexibility index (Phi) is 5.01. The highest BCUT2D eigenvalue weighted by Crippen LogP contribution is 2.29. The Labute approximate surface area is 161 Å². The number of hydrogen-bond acceptors (Lipinski definition) is 6. The maximum atomic E-state index is 14.6.